The summed E-state index contributed by atoms with van der Waals surface area (Å²) in [7, 11) is 4.23. The van der Waals surface area contributed by atoms with E-state index in [4.69, 9.17) is 0 Å². The predicted octanol–water partition coefficient (Wildman–Crippen LogP) is 4.78. The van der Waals surface area contributed by atoms with Crippen molar-refractivity contribution in [3.05, 3.63) is 40.7 Å². The maximum Gasteiger partial charge on any atom is 0.158 e. The van der Waals surface area contributed by atoms with Gasteiger partial charge in [-0.3, -0.25) is 4.90 Å². The van der Waals surface area contributed by atoms with Crippen LogP contribution in [0.1, 0.15) is 61.3 Å². The Bertz CT molecular complexity index is 1270. The van der Waals surface area contributed by atoms with Crippen LogP contribution in [0.4, 0.5) is 0 Å². The minimum atomic E-state index is -0.557. The fraction of sp³-hybridized carbons (Fsp3) is 0.520. The van der Waals surface area contributed by atoms with E-state index in [2.05, 4.69) is 71.9 Å². The number of piperidine rings is 1. The van der Waals surface area contributed by atoms with E-state index in [1.54, 1.807) is 17.7 Å². The number of nitrogens with one attached hydrogen (secondary N) is 1. The molecule has 2 atom stereocenters. The van der Waals surface area contributed by atoms with Crippen molar-refractivity contribution in [2.24, 2.45) is 0 Å². The third-order valence-corrected chi connectivity index (χ3v) is 7.98. The second-order valence-corrected chi connectivity index (χ2v) is 11.0. The number of aryl methyl sites for hydroxylation is 1. The van der Waals surface area contributed by atoms with Crippen LogP contribution in [-0.2, 0) is 0 Å². The van der Waals surface area contributed by atoms with E-state index in [1.165, 1.54) is 16.7 Å². The summed E-state index contributed by atoms with van der Waals surface area (Å²) in [6, 6.07) is 4.73. The Hall–Kier alpha value is -2.26. The first-order chi connectivity index (χ1) is 15.8. The van der Waals surface area contributed by atoms with Crippen LogP contribution in [0.3, 0.4) is 0 Å². The smallest absolute Gasteiger partial charge is 0.158 e. The molecule has 0 aromatic carbocycles. The van der Waals surface area contributed by atoms with Gasteiger partial charge in [0.15, 0.2) is 5.65 Å². The molecule has 33 heavy (non-hydrogen) atoms. The largest absolute Gasteiger partial charge is 0.373 e. The lowest BCUT2D eigenvalue weighted by atomic mass is 9.99. The van der Waals surface area contributed by atoms with Gasteiger partial charge in [-0.25, -0.2) is 9.50 Å². The molecule has 0 radical (unpaired) electrons. The number of nitrogens with zero attached hydrogens (tertiary/aromatic N) is 5. The topological polar surface area (TPSA) is 72.7 Å². The first-order valence-corrected chi connectivity index (χ1v) is 12.7. The lowest BCUT2D eigenvalue weighted by Gasteiger charge is -2.39. The molecule has 0 amide bonds. The minimum absolute atomic E-state index is 0.348. The molecular weight excluding hydrogens is 432 g/mol. The van der Waals surface area contributed by atoms with Crippen LogP contribution in [-0.4, -0.2) is 67.7 Å². The van der Waals surface area contributed by atoms with E-state index in [0.29, 0.717) is 12.0 Å². The Kier molecular flexibility index (Phi) is 6.03. The average molecular weight is 467 g/mol. The van der Waals surface area contributed by atoms with Gasteiger partial charge in [-0.05, 0) is 63.0 Å². The molecule has 5 heterocycles. The third-order valence-electron chi connectivity index (χ3n) is 6.77. The number of likely N-dealkylation sites (tertiary alicyclic amines) is 1. The quantitative estimate of drug-likeness (QED) is 0.428. The Balaban J connectivity index is 1.53. The number of aliphatic hydroxyl groups is 1. The van der Waals surface area contributed by atoms with Crippen molar-refractivity contribution in [1.29, 1.82) is 0 Å². The van der Waals surface area contributed by atoms with Crippen LogP contribution < -0.4 is 0 Å². The molecule has 8 heteroatoms. The van der Waals surface area contributed by atoms with Crippen LogP contribution in [0.5, 0.6) is 0 Å². The van der Waals surface area contributed by atoms with Gasteiger partial charge >= 0.3 is 0 Å². The first kappa shape index (κ1) is 22.5. The molecule has 4 aromatic heterocycles. The van der Waals surface area contributed by atoms with Crippen molar-refractivity contribution in [2.75, 3.05) is 27.2 Å². The van der Waals surface area contributed by atoms with Crippen molar-refractivity contribution in [3.63, 3.8) is 0 Å². The summed E-state index contributed by atoms with van der Waals surface area (Å²) in [5.41, 5.74) is 6.64. The molecule has 1 saturated heterocycles. The number of pyridine rings is 1. The summed E-state index contributed by atoms with van der Waals surface area (Å²) in [6.07, 6.45) is 6.62. The van der Waals surface area contributed by atoms with Gasteiger partial charge in [0.25, 0.3) is 0 Å². The summed E-state index contributed by atoms with van der Waals surface area (Å²) < 4.78 is 3.09. The summed E-state index contributed by atoms with van der Waals surface area (Å²) in [5.74, 6) is 0.348. The number of aromatic amines is 1. The van der Waals surface area contributed by atoms with Gasteiger partial charge in [0, 0.05) is 30.9 Å². The van der Waals surface area contributed by atoms with E-state index < -0.39 is 6.23 Å². The lowest BCUT2D eigenvalue weighted by molar-refractivity contribution is -0.0462. The summed E-state index contributed by atoms with van der Waals surface area (Å²) in [6.45, 7) is 8.48. The minimum Gasteiger partial charge on any atom is -0.373 e. The zero-order chi connectivity index (χ0) is 23.3. The monoisotopic (exact) mass is 466 g/mol. The lowest BCUT2D eigenvalue weighted by Crippen LogP contribution is -2.46. The van der Waals surface area contributed by atoms with E-state index in [1.807, 2.05) is 10.7 Å². The van der Waals surface area contributed by atoms with Crippen molar-refractivity contribution in [1.82, 2.24) is 29.4 Å². The normalized spacial score (nSPS) is 18.8. The van der Waals surface area contributed by atoms with Gasteiger partial charge in [-0.15, -0.1) is 11.3 Å². The first-order valence-electron chi connectivity index (χ1n) is 11.9. The maximum atomic E-state index is 11.4. The fourth-order valence-electron chi connectivity index (χ4n) is 5.28. The average Bonchev–Trinajstić information content (AvgIpc) is 3.47. The molecule has 2 unspecified atom stereocenters. The van der Waals surface area contributed by atoms with Crippen LogP contribution in [0.25, 0.3) is 27.1 Å². The predicted molar refractivity (Wildman–Crippen MR) is 135 cm³/mol. The highest BCUT2D eigenvalue weighted by atomic mass is 32.1. The highest BCUT2D eigenvalue weighted by Gasteiger charge is 2.31. The Morgan fingerprint density at radius 3 is 2.85 bits per heavy atom. The molecule has 1 aliphatic rings. The molecule has 2 N–H and O–H groups in total. The molecule has 0 spiro atoms. The zero-order valence-corrected chi connectivity index (χ0v) is 21.0. The Labute approximate surface area is 199 Å². The maximum absolute atomic E-state index is 11.4. The van der Waals surface area contributed by atoms with Crippen LogP contribution in [0, 0.1) is 6.92 Å². The van der Waals surface area contributed by atoms with Gasteiger partial charge < -0.3 is 15.0 Å². The van der Waals surface area contributed by atoms with Crippen molar-refractivity contribution in [3.8, 4) is 11.3 Å². The van der Waals surface area contributed by atoms with Crippen molar-refractivity contribution < 1.29 is 5.11 Å². The number of aliphatic hydroxyl groups excluding tert-OH is 1. The fourth-order valence-corrected chi connectivity index (χ4v) is 6.60. The molecule has 1 aliphatic heterocycles. The highest BCUT2D eigenvalue weighted by molar-refractivity contribution is 7.19. The third kappa shape index (κ3) is 4.10. The van der Waals surface area contributed by atoms with Gasteiger partial charge in [-0.2, -0.15) is 5.10 Å². The standard InChI is InChI=1S/C25H34N6OS/c1-15(2)21-22(17-10-16(3)24-26-14-27-31(24)12-17)28-19-11-20(33-23(19)21)25(32)30-9-7-6-8-18(30)13-29(4)5/h10-12,14-15,18,25,28,32H,6-9,13H2,1-5H3. The van der Waals surface area contributed by atoms with Gasteiger partial charge in [0.1, 0.15) is 12.6 Å². The number of aromatic nitrogens is 4. The van der Waals surface area contributed by atoms with Crippen molar-refractivity contribution >= 4 is 27.2 Å². The highest BCUT2D eigenvalue weighted by Crippen LogP contribution is 2.42. The molecule has 176 valence electrons. The van der Waals surface area contributed by atoms with Gasteiger partial charge in [0.05, 0.1) is 20.8 Å². The van der Waals surface area contributed by atoms with Crippen LogP contribution in [0.15, 0.2) is 24.7 Å². The second-order valence-electron chi connectivity index (χ2n) is 9.92. The number of fused-ring (bicyclic) bond motifs is 2. The molecule has 0 saturated carbocycles. The molecule has 7 nitrogen and oxygen atoms in total. The molecule has 5 rings (SSSR count). The number of rotatable bonds is 6. The number of H-pyrrole nitrogens is 1. The second kappa shape index (κ2) is 8.83. The molecule has 4 aromatic rings. The molecule has 0 bridgehead atoms. The Morgan fingerprint density at radius 1 is 1.27 bits per heavy atom. The summed E-state index contributed by atoms with van der Waals surface area (Å²) in [4.78, 5) is 13.6. The number of thiophene rings is 1. The van der Waals surface area contributed by atoms with Crippen LogP contribution >= 0.6 is 11.3 Å². The molecule has 1 fully saturated rings. The number of hydrogen-bond donors (Lipinski definition) is 2. The van der Waals surface area contributed by atoms with Gasteiger partial charge in [0.2, 0.25) is 0 Å². The van der Waals surface area contributed by atoms with E-state index in [9.17, 15) is 5.11 Å². The van der Waals surface area contributed by atoms with Crippen LogP contribution in [0.2, 0.25) is 0 Å². The number of likely N-dealkylation sites (N-methyl/N-ethyl adjacent to an activating group) is 1. The van der Waals surface area contributed by atoms with E-state index in [-0.39, 0.29) is 0 Å². The number of hydrogen-bond acceptors (Lipinski definition) is 6. The Morgan fingerprint density at radius 2 is 2.09 bits per heavy atom. The van der Waals surface area contributed by atoms with Crippen molar-refractivity contribution in [2.45, 2.75) is 58.2 Å². The summed E-state index contributed by atoms with van der Waals surface area (Å²) >= 11 is 1.73. The SMILES string of the molecule is Cc1cc(-c2[nH]c3cc(C(O)N4CCCCC4CN(C)C)sc3c2C(C)C)cn2ncnc12. The molecular formula is C25H34N6OS. The van der Waals surface area contributed by atoms with E-state index >= 15 is 0 Å². The van der Waals surface area contributed by atoms with Gasteiger partial charge in [-0.1, -0.05) is 20.3 Å². The van der Waals surface area contributed by atoms with E-state index in [0.717, 1.165) is 58.8 Å². The molecule has 0 aliphatic carbocycles. The summed E-state index contributed by atoms with van der Waals surface area (Å²) in [5, 5.41) is 15.7. The zero-order valence-electron chi connectivity index (χ0n) is 20.2.